The zero-order chi connectivity index (χ0) is 16.9. The SMILES string of the molecule is COc1cc(CN(C)C(=O)OC(C)(C)C)cc(OC)c1CO. The van der Waals surface area contributed by atoms with Gasteiger partial charge in [0, 0.05) is 13.6 Å². The highest BCUT2D eigenvalue weighted by Gasteiger charge is 2.20. The van der Waals surface area contributed by atoms with Gasteiger partial charge in [0.05, 0.1) is 26.4 Å². The topological polar surface area (TPSA) is 68.2 Å². The van der Waals surface area contributed by atoms with Crippen LogP contribution in [0, 0.1) is 0 Å². The third-order valence-corrected chi connectivity index (χ3v) is 2.95. The maximum atomic E-state index is 12.0. The number of benzene rings is 1. The van der Waals surface area contributed by atoms with Gasteiger partial charge in [-0.1, -0.05) is 0 Å². The van der Waals surface area contributed by atoms with Crippen molar-refractivity contribution in [3.8, 4) is 11.5 Å². The minimum Gasteiger partial charge on any atom is -0.496 e. The van der Waals surface area contributed by atoms with E-state index in [1.807, 2.05) is 20.8 Å². The number of aliphatic hydroxyl groups is 1. The Hall–Kier alpha value is -1.95. The highest BCUT2D eigenvalue weighted by atomic mass is 16.6. The molecular formula is C16H25NO5. The minimum atomic E-state index is -0.540. The summed E-state index contributed by atoms with van der Waals surface area (Å²) >= 11 is 0. The molecule has 6 heteroatoms. The highest BCUT2D eigenvalue weighted by Crippen LogP contribution is 2.31. The van der Waals surface area contributed by atoms with Gasteiger partial charge in [0.2, 0.25) is 0 Å². The van der Waals surface area contributed by atoms with Gasteiger partial charge >= 0.3 is 6.09 Å². The summed E-state index contributed by atoms with van der Waals surface area (Å²) in [6, 6.07) is 3.55. The van der Waals surface area contributed by atoms with E-state index in [1.165, 1.54) is 19.1 Å². The second-order valence-electron chi connectivity index (χ2n) is 5.97. The molecule has 0 heterocycles. The van der Waals surface area contributed by atoms with Crippen LogP contribution in [-0.2, 0) is 17.9 Å². The lowest BCUT2D eigenvalue weighted by molar-refractivity contribution is 0.0285. The Balaban J connectivity index is 2.96. The molecule has 0 saturated carbocycles. The normalized spacial score (nSPS) is 11.0. The lowest BCUT2D eigenvalue weighted by Crippen LogP contribution is -2.33. The van der Waals surface area contributed by atoms with Crippen LogP contribution < -0.4 is 9.47 Å². The number of aliphatic hydroxyl groups excluding tert-OH is 1. The van der Waals surface area contributed by atoms with Gasteiger partial charge in [-0.25, -0.2) is 4.79 Å². The average molecular weight is 311 g/mol. The van der Waals surface area contributed by atoms with Gasteiger partial charge in [-0.2, -0.15) is 0 Å². The number of carbonyl (C=O) groups is 1. The lowest BCUT2D eigenvalue weighted by Gasteiger charge is -2.25. The number of hydrogen-bond donors (Lipinski definition) is 1. The summed E-state index contributed by atoms with van der Waals surface area (Å²) in [5, 5.41) is 9.41. The van der Waals surface area contributed by atoms with Gasteiger partial charge < -0.3 is 24.2 Å². The van der Waals surface area contributed by atoms with Crippen LogP contribution in [0.15, 0.2) is 12.1 Å². The van der Waals surface area contributed by atoms with Gasteiger partial charge in [0.15, 0.2) is 0 Å². The zero-order valence-corrected chi connectivity index (χ0v) is 14.1. The number of methoxy groups -OCH3 is 2. The maximum Gasteiger partial charge on any atom is 0.410 e. The molecule has 0 atom stereocenters. The van der Waals surface area contributed by atoms with Gasteiger partial charge in [-0.05, 0) is 38.5 Å². The largest absolute Gasteiger partial charge is 0.496 e. The van der Waals surface area contributed by atoms with E-state index in [2.05, 4.69) is 0 Å². The summed E-state index contributed by atoms with van der Waals surface area (Å²) in [5.41, 5.74) is 0.856. The van der Waals surface area contributed by atoms with Gasteiger partial charge in [0.25, 0.3) is 0 Å². The van der Waals surface area contributed by atoms with E-state index >= 15 is 0 Å². The zero-order valence-electron chi connectivity index (χ0n) is 14.1. The Morgan fingerprint density at radius 1 is 1.18 bits per heavy atom. The number of hydrogen-bond acceptors (Lipinski definition) is 5. The summed E-state index contributed by atoms with van der Waals surface area (Å²) in [6.45, 7) is 5.62. The van der Waals surface area contributed by atoms with Crippen LogP contribution >= 0.6 is 0 Å². The molecule has 22 heavy (non-hydrogen) atoms. The molecule has 0 unspecified atom stereocenters. The van der Waals surface area contributed by atoms with Crippen molar-refractivity contribution in [2.75, 3.05) is 21.3 Å². The van der Waals surface area contributed by atoms with E-state index in [-0.39, 0.29) is 6.61 Å². The smallest absolute Gasteiger partial charge is 0.410 e. The van der Waals surface area contributed by atoms with Gasteiger partial charge in [0.1, 0.15) is 17.1 Å². The Morgan fingerprint density at radius 3 is 2.05 bits per heavy atom. The summed E-state index contributed by atoms with van der Waals surface area (Å²) in [5.74, 6) is 1.05. The fraction of sp³-hybridized carbons (Fsp3) is 0.562. The van der Waals surface area contributed by atoms with Crippen LogP contribution in [0.25, 0.3) is 0 Å². The van der Waals surface area contributed by atoms with Gasteiger partial charge in [-0.15, -0.1) is 0 Å². The fourth-order valence-corrected chi connectivity index (χ4v) is 1.96. The minimum absolute atomic E-state index is 0.186. The maximum absolute atomic E-state index is 12.0. The summed E-state index contributed by atoms with van der Waals surface area (Å²) in [7, 11) is 4.71. The predicted octanol–water partition coefficient (Wildman–Crippen LogP) is 2.56. The predicted molar refractivity (Wildman–Crippen MR) is 83.2 cm³/mol. The van der Waals surface area contributed by atoms with Gasteiger partial charge in [-0.3, -0.25) is 0 Å². The molecule has 1 amide bonds. The van der Waals surface area contributed by atoms with Crippen LogP contribution in [0.5, 0.6) is 11.5 Å². The van der Waals surface area contributed by atoms with Crippen LogP contribution in [0.2, 0.25) is 0 Å². The molecule has 0 bridgehead atoms. The molecule has 1 N–H and O–H groups in total. The van der Waals surface area contributed by atoms with Crippen molar-refractivity contribution >= 4 is 6.09 Å². The van der Waals surface area contributed by atoms with E-state index in [0.717, 1.165) is 5.56 Å². The molecule has 6 nitrogen and oxygen atoms in total. The van der Waals surface area contributed by atoms with E-state index < -0.39 is 11.7 Å². The van der Waals surface area contributed by atoms with Crippen molar-refractivity contribution < 1.29 is 24.1 Å². The lowest BCUT2D eigenvalue weighted by atomic mass is 10.1. The van der Waals surface area contributed by atoms with Crippen molar-refractivity contribution in [3.05, 3.63) is 23.3 Å². The van der Waals surface area contributed by atoms with E-state index in [0.29, 0.717) is 23.6 Å². The number of ether oxygens (including phenoxy) is 3. The van der Waals surface area contributed by atoms with E-state index in [9.17, 15) is 9.90 Å². The molecule has 124 valence electrons. The second-order valence-corrected chi connectivity index (χ2v) is 5.97. The van der Waals surface area contributed by atoms with Crippen molar-refractivity contribution in [2.45, 2.75) is 39.5 Å². The molecule has 0 aliphatic carbocycles. The molecule has 1 aromatic rings. The first kappa shape index (κ1) is 18.1. The van der Waals surface area contributed by atoms with Crippen LogP contribution in [0.1, 0.15) is 31.9 Å². The third-order valence-electron chi connectivity index (χ3n) is 2.95. The Bertz CT molecular complexity index is 497. The number of carbonyl (C=O) groups excluding carboxylic acids is 1. The molecule has 0 aliphatic heterocycles. The Kier molecular flexibility index (Phi) is 6.05. The highest BCUT2D eigenvalue weighted by molar-refractivity contribution is 5.67. The number of nitrogens with zero attached hydrogens (tertiary/aromatic N) is 1. The standard InChI is InChI=1S/C16H25NO5/c1-16(2,3)22-15(19)17(4)9-11-7-13(20-5)12(10-18)14(8-11)21-6/h7-8,18H,9-10H2,1-6H3. The van der Waals surface area contributed by atoms with Crippen LogP contribution in [0.3, 0.4) is 0 Å². The van der Waals surface area contributed by atoms with Crippen LogP contribution in [0.4, 0.5) is 4.79 Å². The molecule has 1 aromatic carbocycles. The van der Waals surface area contributed by atoms with Crippen LogP contribution in [-0.4, -0.2) is 43.0 Å². The van der Waals surface area contributed by atoms with Crippen molar-refractivity contribution in [1.82, 2.24) is 4.90 Å². The fourth-order valence-electron chi connectivity index (χ4n) is 1.96. The molecule has 0 aromatic heterocycles. The summed E-state index contributed by atoms with van der Waals surface area (Å²) in [4.78, 5) is 13.5. The molecule has 0 fully saturated rings. The molecule has 0 radical (unpaired) electrons. The molecule has 0 aliphatic rings. The van der Waals surface area contributed by atoms with Crippen molar-refractivity contribution in [3.63, 3.8) is 0 Å². The first-order chi connectivity index (χ1) is 10.2. The summed E-state index contributed by atoms with van der Waals surface area (Å²) < 4.78 is 15.8. The van der Waals surface area contributed by atoms with Crippen molar-refractivity contribution in [2.24, 2.45) is 0 Å². The first-order valence-corrected chi connectivity index (χ1v) is 7.00. The Labute approximate surface area is 131 Å². The van der Waals surface area contributed by atoms with Crippen molar-refractivity contribution in [1.29, 1.82) is 0 Å². The molecule has 1 rings (SSSR count). The second kappa shape index (κ2) is 7.35. The van der Waals surface area contributed by atoms with E-state index in [4.69, 9.17) is 14.2 Å². The molecule has 0 spiro atoms. The summed E-state index contributed by atoms with van der Waals surface area (Å²) in [6.07, 6.45) is -0.406. The van der Waals surface area contributed by atoms with E-state index in [1.54, 1.807) is 19.2 Å². The number of rotatable bonds is 5. The molecule has 0 saturated heterocycles. The number of amides is 1. The quantitative estimate of drug-likeness (QED) is 0.905. The third kappa shape index (κ3) is 4.80. The monoisotopic (exact) mass is 311 g/mol. The molecular weight excluding hydrogens is 286 g/mol. The first-order valence-electron chi connectivity index (χ1n) is 7.00. The Morgan fingerprint density at radius 2 is 1.68 bits per heavy atom. The average Bonchev–Trinajstić information content (AvgIpc) is 2.44.